The number of carbonyl (C=O) groups is 2. The second-order valence-corrected chi connectivity index (χ2v) is 13.2. The van der Waals surface area contributed by atoms with Crippen molar-refractivity contribution in [3.63, 3.8) is 0 Å². The number of imide groups is 1. The first kappa shape index (κ1) is 28.4. The Morgan fingerprint density at radius 2 is 1.85 bits per heavy atom. The topological polar surface area (TPSA) is 76.5 Å². The molecule has 7 nitrogen and oxygen atoms in total. The quantitative estimate of drug-likeness (QED) is 0.296. The predicted octanol–water partition coefficient (Wildman–Crippen LogP) is 6.37. The number of hydrogen-bond donors (Lipinski definition) is 1. The van der Waals surface area contributed by atoms with Gasteiger partial charge in [0.2, 0.25) is 11.8 Å². The summed E-state index contributed by atoms with van der Waals surface area (Å²) in [6, 6.07) is 12.6. The predicted molar refractivity (Wildman–Crippen MR) is 164 cm³/mol. The van der Waals surface area contributed by atoms with Gasteiger partial charge in [0, 0.05) is 35.4 Å². The fourth-order valence-electron chi connectivity index (χ4n) is 7.26. The van der Waals surface area contributed by atoms with Gasteiger partial charge in [0.15, 0.2) is 0 Å². The van der Waals surface area contributed by atoms with E-state index in [2.05, 4.69) is 69.5 Å². The molecule has 1 unspecified atom stereocenters. The molecule has 2 amide bonds. The highest BCUT2D eigenvalue weighted by atomic mass is 79.9. The number of para-hydroxylation sites is 1. The van der Waals surface area contributed by atoms with Crippen LogP contribution in [0.1, 0.15) is 86.4 Å². The van der Waals surface area contributed by atoms with Crippen LogP contribution in [0.25, 0.3) is 10.9 Å². The highest BCUT2D eigenvalue weighted by molar-refractivity contribution is 9.10. The summed E-state index contributed by atoms with van der Waals surface area (Å²) in [6.07, 6.45) is 9.76. The third-order valence-corrected chi connectivity index (χ3v) is 10.5. The summed E-state index contributed by atoms with van der Waals surface area (Å²) in [5.74, 6) is 1.52. The van der Waals surface area contributed by atoms with Crippen LogP contribution >= 0.6 is 15.9 Å². The number of piperidine rings is 1. The molecule has 2 aliphatic heterocycles. The fourth-order valence-corrected chi connectivity index (χ4v) is 7.61. The molecule has 2 aromatic carbocycles. The Kier molecular flexibility index (Phi) is 8.50. The van der Waals surface area contributed by atoms with Crippen molar-refractivity contribution in [3.05, 3.63) is 57.7 Å². The molecule has 0 spiro atoms. The molecular weight excluding hydrogens is 580 g/mol. The van der Waals surface area contributed by atoms with Crippen LogP contribution in [0.5, 0.6) is 5.75 Å². The van der Waals surface area contributed by atoms with E-state index in [9.17, 15) is 9.59 Å². The van der Waals surface area contributed by atoms with Crippen molar-refractivity contribution in [2.24, 2.45) is 13.0 Å². The lowest BCUT2D eigenvalue weighted by atomic mass is 9.84. The van der Waals surface area contributed by atoms with E-state index in [1.165, 1.54) is 36.8 Å². The van der Waals surface area contributed by atoms with E-state index in [-0.39, 0.29) is 17.7 Å². The number of nitrogens with zero attached hydrogens (tertiary/aromatic N) is 3. The second kappa shape index (κ2) is 12.3. The van der Waals surface area contributed by atoms with Crippen LogP contribution in [0.2, 0.25) is 0 Å². The van der Waals surface area contributed by atoms with Gasteiger partial charge in [-0.2, -0.15) is 5.10 Å². The minimum atomic E-state index is -0.363. The number of aryl methyl sites for hydroxylation is 1. The van der Waals surface area contributed by atoms with Gasteiger partial charge in [-0.1, -0.05) is 40.2 Å². The number of fused-ring (bicyclic) bond motifs is 1. The SMILES string of the molecule is Cc1c(Br)cccc1OC1CCC(CCCN2CC[C@@H](c3cccc4c(C5CCC(=O)NC5=O)nn(C)c34)C2)CC1. The van der Waals surface area contributed by atoms with E-state index in [1.54, 1.807) is 0 Å². The zero-order valence-electron chi connectivity index (χ0n) is 24.2. The minimum absolute atomic E-state index is 0.188. The molecule has 3 heterocycles. The Morgan fingerprint density at radius 3 is 2.66 bits per heavy atom. The number of amides is 2. The molecule has 1 saturated carbocycles. The lowest BCUT2D eigenvalue weighted by molar-refractivity contribution is -0.134. The van der Waals surface area contributed by atoms with Crippen molar-refractivity contribution in [1.82, 2.24) is 20.0 Å². The van der Waals surface area contributed by atoms with E-state index in [1.807, 2.05) is 11.7 Å². The fraction of sp³-hybridized carbons (Fsp3) is 0.545. The molecule has 41 heavy (non-hydrogen) atoms. The normalized spacial score (nSPS) is 25.5. The van der Waals surface area contributed by atoms with Crippen LogP contribution < -0.4 is 10.1 Å². The van der Waals surface area contributed by atoms with Crippen LogP contribution in [0, 0.1) is 12.8 Å². The van der Waals surface area contributed by atoms with Crippen molar-refractivity contribution >= 4 is 38.6 Å². The highest BCUT2D eigenvalue weighted by Crippen LogP contribution is 2.37. The van der Waals surface area contributed by atoms with Gasteiger partial charge in [-0.15, -0.1) is 0 Å². The number of nitrogens with one attached hydrogen (secondary N) is 1. The molecule has 3 fully saturated rings. The largest absolute Gasteiger partial charge is 0.490 e. The van der Waals surface area contributed by atoms with Crippen molar-refractivity contribution in [2.45, 2.75) is 82.7 Å². The van der Waals surface area contributed by atoms with Crippen molar-refractivity contribution < 1.29 is 14.3 Å². The number of hydrogen-bond acceptors (Lipinski definition) is 5. The Balaban J connectivity index is 1.00. The number of ether oxygens (including phenoxy) is 1. The first-order chi connectivity index (χ1) is 19.9. The smallest absolute Gasteiger partial charge is 0.235 e. The molecule has 8 heteroatoms. The average molecular weight is 622 g/mol. The van der Waals surface area contributed by atoms with E-state index < -0.39 is 0 Å². The number of halogens is 1. The maximum atomic E-state index is 12.6. The zero-order chi connectivity index (χ0) is 28.5. The van der Waals surface area contributed by atoms with Crippen molar-refractivity contribution in [1.29, 1.82) is 0 Å². The van der Waals surface area contributed by atoms with E-state index in [4.69, 9.17) is 9.84 Å². The van der Waals surface area contributed by atoms with E-state index >= 15 is 0 Å². The van der Waals surface area contributed by atoms with Gasteiger partial charge in [0.1, 0.15) is 5.75 Å². The van der Waals surface area contributed by atoms with Gasteiger partial charge in [-0.3, -0.25) is 19.6 Å². The van der Waals surface area contributed by atoms with Crippen molar-refractivity contribution in [2.75, 3.05) is 19.6 Å². The Bertz CT molecular complexity index is 1430. The molecule has 1 aliphatic carbocycles. The molecule has 6 rings (SSSR count). The summed E-state index contributed by atoms with van der Waals surface area (Å²) >= 11 is 3.62. The maximum absolute atomic E-state index is 12.6. The summed E-state index contributed by atoms with van der Waals surface area (Å²) in [5, 5.41) is 8.34. The van der Waals surface area contributed by atoms with Gasteiger partial charge in [0.25, 0.3) is 0 Å². The summed E-state index contributed by atoms with van der Waals surface area (Å²) in [4.78, 5) is 26.9. The summed E-state index contributed by atoms with van der Waals surface area (Å²) in [6.45, 7) is 5.48. The number of carbonyl (C=O) groups excluding carboxylic acids is 2. The summed E-state index contributed by atoms with van der Waals surface area (Å²) < 4.78 is 9.42. The number of likely N-dealkylation sites (tertiary alicyclic amines) is 1. The minimum Gasteiger partial charge on any atom is -0.490 e. The maximum Gasteiger partial charge on any atom is 0.235 e. The second-order valence-electron chi connectivity index (χ2n) is 12.3. The number of benzene rings is 2. The standard InChI is InChI=1S/C33H41BrN4O3/c1-21-28(34)9-4-10-29(21)41-24-13-11-22(12-14-24)6-5-18-38-19-17-23(20-38)25-7-3-8-26-31(36-37(2)32(25)26)27-15-16-30(39)35-33(27)40/h3-4,7-10,22-24,27H,5-6,11-20H2,1-2H3,(H,35,39,40)/t22?,23-,24?,27?/m1/s1. The number of aromatic nitrogens is 2. The summed E-state index contributed by atoms with van der Waals surface area (Å²) in [7, 11) is 1.98. The third kappa shape index (κ3) is 6.09. The molecule has 3 aromatic rings. The molecule has 3 aliphatic rings. The zero-order valence-corrected chi connectivity index (χ0v) is 25.8. The van der Waals surface area contributed by atoms with Crippen LogP contribution in [0.4, 0.5) is 0 Å². The molecule has 0 bridgehead atoms. The highest BCUT2D eigenvalue weighted by Gasteiger charge is 2.33. The monoisotopic (exact) mass is 620 g/mol. The Hall–Kier alpha value is -2.71. The van der Waals surface area contributed by atoms with Gasteiger partial charge in [0.05, 0.1) is 23.2 Å². The van der Waals surface area contributed by atoms with E-state index in [0.717, 1.165) is 71.6 Å². The van der Waals surface area contributed by atoms with E-state index in [0.29, 0.717) is 24.9 Å². The van der Waals surface area contributed by atoms with Gasteiger partial charge < -0.3 is 9.64 Å². The lowest BCUT2D eigenvalue weighted by Gasteiger charge is -2.30. The molecule has 2 atom stereocenters. The molecular formula is C33H41BrN4O3. The van der Waals surface area contributed by atoms with Crippen LogP contribution in [0.3, 0.4) is 0 Å². The lowest BCUT2D eigenvalue weighted by Crippen LogP contribution is -2.39. The van der Waals surface area contributed by atoms with Crippen molar-refractivity contribution in [3.8, 4) is 5.75 Å². The van der Waals surface area contributed by atoms with Gasteiger partial charge >= 0.3 is 0 Å². The third-order valence-electron chi connectivity index (χ3n) is 9.60. The molecule has 218 valence electrons. The molecule has 2 saturated heterocycles. The van der Waals surface area contributed by atoms with Crippen LogP contribution in [-0.2, 0) is 16.6 Å². The molecule has 0 radical (unpaired) electrons. The summed E-state index contributed by atoms with van der Waals surface area (Å²) in [5.41, 5.74) is 4.46. The van der Waals surface area contributed by atoms with Crippen LogP contribution in [-0.4, -0.2) is 52.2 Å². The van der Waals surface area contributed by atoms with Gasteiger partial charge in [-0.05, 0) is 101 Å². The van der Waals surface area contributed by atoms with Crippen LogP contribution in [0.15, 0.2) is 40.9 Å². The first-order valence-electron chi connectivity index (χ1n) is 15.3. The number of rotatable bonds is 8. The Morgan fingerprint density at radius 1 is 1.05 bits per heavy atom. The first-order valence-corrected chi connectivity index (χ1v) is 16.1. The van der Waals surface area contributed by atoms with Gasteiger partial charge in [-0.25, -0.2) is 0 Å². The Labute approximate surface area is 251 Å². The average Bonchev–Trinajstić information content (AvgIpc) is 3.57. The molecule has 1 N–H and O–H groups in total. The molecule has 1 aromatic heterocycles.